The molecule has 8 nitrogen and oxygen atoms in total. The van der Waals surface area contributed by atoms with Crippen LogP contribution in [0.1, 0.15) is 23.1 Å². The van der Waals surface area contributed by atoms with Gasteiger partial charge < -0.3 is 10.6 Å². The average molecular weight is 290 g/mol. The molecule has 0 saturated heterocycles. The van der Waals surface area contributed by atoms with Crippen LogP contribution >= 0.6 is 0 Å². The lowest BCUT2D eigenvalue weighted by Gasteiger charge is -2.03. The first-order chi connectivity index (χ1) is 9.86. The van der Waals surface area contributed by atoms with Crippen LogP contribution in [0.5, 0.6) is 0 Å². The third-order valence-electron chi connectivity index (χ3n) is 2.90. The summed E-state index contributed by atoms with van der Waals surface area (Å²) in [6.07, 6.45) is 0. The molecule has 0 aliphatic carbocycles. The van der Waals surface area contributed by atoms with Gasteiger partial charge in [-0.1, -0.05) is 0 Å². The Morgan fingerprint density at radius 3 is 2.38 bits per heavy atom. The molecule has 112 valence electrons. The number of hydrogen-bond donors (Lipinski definition) is 2. The van der Waals surface area contributed by atoms with Gasteiger partial charge in [0.1, 0.15) is 17.3 Å². The zero-order chi connectivity index (χ0) is 15.6. The highest BCUT2D eigenvalue weighted by atomic mass is 16.1. The van der Waals surface area contributed by atoms with Crippen molar-refractivity contribution in [2.24, 2.45) is 14.1 Å². The number of Topliss-reactive ketones (excluding diaryl/α,β-unsaturated/α-hetero) is 1. The molecule has 0 atom stereocenters. The second-order valence-electron chi connectivity index (χ2n) is 4.79. The van der Waals surface area contributed by atoms with Crippen LogP contribution in [0, 0.1) is 6.92 Å². The predicted molar refractivity (Wildman–Crippen MR) is 78.3 cm³/mol. The maximum absolute atomic E-state index is 12.1. The molecule has 0 unspecified atom stereocenters. The lowest BCUT2D eigenvalue weighted by atomic mass is 10.3. The maximum atomic E-state index is 12.1. The van der Waals surface area contributed by atoms with Crippen LogP contribution in [0.15, 0.2) is 12.1 Å². The van der Waals surface area contributed by atoms with E-state index < -0.39 is 0 Å². The molecule has 0 saturated carbocycles. The highest BCUT2D eigenvalue weighted by Crippen LogP contribution is 2.11. The van der Waals surface area contributed by atoms with Gasteiger partial charge in [-0.15, -0.1) is 0 Å². The number of ketones is 1. The van der Waals surface area contributed by atoms with Crippen molar-refractivity contribution in [3.8, 4) is 0 Å². The molecule has 2 rings (SSSR count). The maximum Gasteiger partial charge on any atom is 0.222 e. The Bertz CT molecular complexity index is 685. The second-order valence-corrected chi connectivity index (χ2v) is 4.79. The normalized spacial score (nSPS) is 10.5. The van der Waals surface area contributed by atoms with E-state index in [0.29, 0.717) is 11.5 Å². The fraction of sp³-hybridized carbons (Fsp3) is 0.385. The molecule has 0 aliphatic rings. The van der Waals surface area contributed by atoms with Gasteiger partial charge in [0.2, 0.25) is 11.7 Å². The Labute approximate surface area is 122 Å². The van der Waals surface area contributed by atoms with Crippen LogP contribution < -0.4 is 10.6 Å². The summed E-state index contributed by atoms with van der Waals surface area (Å²) in [6.45, 7) is 3.39. The number of aryl methyl sites for hydroxylation is 3. The lowest BCUT2D eigenvalue weighted by molar-refractivity contribution is -0.114. The van der Waals surface area contributed by atoms with Crippen LogP contribution in [0.4, 0.5) is 11.6 Å². The summed E-state index contributed by atoms with van der Waals surface area (Å²) in [5.41, 5.74) is 1.17. The SMILES string of the molecule is CC(=O)Nc1cc(C(=O)CNc2cc(C)nn2C)nn1C. The van der Waals surface area contributed by atoms with Crippen LogP contribution in [0.2, 0.25) is 0 Å². The number of amides is 1. The van der Waals surface area contributed by atoms with Crippen molar-refractivity contribution in [3.05, 3.63) is 23.5 Å². The van der Waals surface area contributed by atoms with Gasteiger partial charge in [-0.05, 0) is 6.92 Å². The summed E-state index contributed by atoms with van der Waals surface area (Å²) >= 11 is 0. The number of nitrogens with zero attached hydrogens (tertiary/aromatic N) is 4. The van der Waals surface area contributed by atoms with Crippen molar-refractivity contribution >= 4 is 23.3 Å². The molecule has 8 heteroatoms. The average Bonchev–Trinajstić information content (AvgIpc) is 2.89. The van der Waals surface area contributed by atoms with Crippen molar-refractivity contribution in [1.29, 1.82) is 0 Å². The molecule has 2 heterocycles. The number of nitrogens with one attached hydrogen (secondary N) is 2. The molecule has 2 aromatic heterocycles. The van der Waals surface area contributed by atoms with Crippen molar-refractivity contribution in [2.75, 3.05) is 17.2 Å². The molecular formula is C13H18N6O2. The van der Waals surface area contributed by atoms with Crippen molar-refractivity contribution in [2.45, 2.75) is 13.8 Å². The quantitative estimate of drug-likeness (QED) is 0.791. The first-order valence-corrected chi connectivity index (χ1v) is 6.46. The minimum atomic E-state index is -0.208. The third kappa shape index (κ3) is 3.47. The van der Waals surface area contributed by atoms with Crippen LogP contribution in [0.25, 0.3) is 0 Å². The van der Waals surface area contributed by atoms with Crippen molar-refractivity contribution < 1.29 is 9.59 Å². The monoisotopic (exact) mass is 290 g/mol. The van der Waals surface area contributed by atoms with E-state index in [-0.39, 0.29) is 18.2 Å². The number of rotatable bonds is 5. The molecule has 1 amide bonds. The summed E-state index contributed by atoms with van der Waals surface area (Å²) in [5.74, 6) is 0.877. The van der Waals surface area contributed by atoms with Gasteiger partial charge in [0.15, 0.2) is 0 Å². The summed E-state index contributed by atoms with van der Waals surface area (Å²) < 4.78 is 3.13. The lowest BCUT2D eigenvalue weighted by Crippen LogP contribution is -2.16. The molecule has 0 aromatic carbocycles. The highest BCUT2D eigenvalue weighted by Gasteiger charge is 2.14. The Morgan fingerprint density at radius 1 is 1.14 bits per heavy atom. The van der Waals surface area contributed by atoms with Crippen molar-refractivity contribution in [1.82, 2.24) is 19.6 Å². The van der Waals surface area contributed by atoms with Gasteiger partial charge in [0, 0.05) is 33.2 Å². The van der Waals surface area contributed by atoms with E-state index in [9.17, 15) is 9.59 Å². The third-order valence-corrected chi connectivity index (χ3v) is 2.90. The first-order valence-electron chi connectivity index (χ1n) is 6.46. The van der Waals surface area contributed by atoms with E-state index in [1.807, 2.05) is 13.0 Å². The molecule has 0 spiro atoms. The molecule has 2 N–H and O–H groups in total. The van der Waals surface area contributed by atoms with Gasteiger partial charge in [0.25, 0.3) is 0 Å². The molecule has 2 aromatic rings. The van der Waals surface area contributed by atoms with E-state index in [2.05, 4.69) is 20.8 Å². The molecule has 21 heavy (non-hydrogen) atoms. The Morgan fingerprint density at radius 2 is 1.81 bits per heavy atom. The standard InChI is InChI=1S/C13H18N6O2/c1-8-5-12(18(3)16-8)14-7-11(21)10-6-13(15-9(2)20)19(4)17-10/h5-6,14H,7H2,1-4H3,(H,15,20). The van der Waals surface area contributed by atoms with Crippen LogP contribution in [-0.2, 0) is 18.9 Å². The Balaban J connectivity index is 2.03. The number of hydrogen-bond acceptors (Lipinski definition) is 5. The number of anilines is 2. The highest BCUT2D eigenvalue weighted by molar-refractivity contribution is 5.98. The zero-order valence-electron chi connectivity index (χ0n) is 12.5. The minimum absolute atomic E-state index is 0.107. The second kappa shape index (κ2) is 5.78. The van der Waals surface area contributed by atoms with E-state index in [0.717, 1.165) is 11.5 Å². The fourth-order valence-electron chi connectivity index (χ4n) is 1.94. The summed E-state index contributed by atoms with van der Waals surface area (Å²) in [7, 11) is 3.47. The van der Waals surface area contributed by atoms with E-state index in [1.165, 1.54) is 11.6 Å². The van der Waals surface area contributed by atoms with Gasteiger partial charge in [-0.25, -0.2) is 0 Å². The fourth-order valence-corrected chi connectivity index (χ4v) is 1.94. The van der Waals surface area contributed by atoms with Gasteiger partial charge in [-0.3, -0.25) is 19.0 Å². The largest absolute Gasteiger partial charge is 0.363 e. The van der Waals surface area contributed by atoms with E-state index in [1.54, 1.807) is 24.8 Å². The Kier molecular flexibility index (Phi) is 4.06. The summed E-state index contributed by atoms with van der Waals surface area (Å²) in [5, 5.41) is 13.9. The predicted octanol–water partition coefficient (Wildman–Crippen LogP) is 0.715. The van der Waals surface area contributed by atoms with Gasteiger partial charge in [-0.2, -0.15) is 10.2 Å². The molecule has 0 aliphatic heterocycles. The zero-order valence-corrected chi connectivity index (χ0v) is 12.5. The van der Waals surface area contributed by atoms with Crippen molar-refractivity contribution in [3.63, 3.8) is 0 Å². The number of carbonyl (C=O) groups excluding carboxylic acids is 2. The number of aromatic nitrogens is 4. The van der Waals surface area contributed by atoms with Gasteiger partial charge >= 0.3 is 0 Å². The van der Waals surface area contributed by atoms with Gasteiger partial charge in [0.05, 0.1) is 12.2 Å². The number of carbonyl (C=O) groups is 2. The topological polar surface area (TPSA) is 93.8 Å². The smallest absolute Gasteiger partial charge is 0.222 e. The first kappa shape index (κ1) is 14.8. The van der Waals surface area contributed by atoms with E-state index >= 15 is 0 Å². The van der Waals surface area contributed by atoms with Crippen LogP contribution in [-0.4, -0.2) is 37.8 Å². The molecular weight excluding hydrogens is 272 g/mol. The molecule has 0 bridgehead atoms. The molecule has 0 fully saturated rings. The Hall–Kier alpha value is -2.64. The minimum Gasteiger partial charge on any atom is -0.363 e. The summed E-state index contributed by atoms with van der Waals surface area (Å²) in [4.78, 5) is 23.1. The summed E-state index contributed by atoms with van der Waals surface area (Å²) in [6, 6.07) is 3.41. The molecule has 0 radical (unpaired) electrons. The van der Waals surface area contributed by atoms with Crippen LogP contribution in [0.3, 0.4) is 0 Å². The van der Waals surface area contributed by atoms with E-state index in [4.69, 9.17) is 0 Å².